The zero-order chi connectivity index (χ0) is 18.5. The second kappa shape index (κ2) is 8.08. The lowest BCUT2D eigenvalue weighted by molar-refractivity contribution is 0.102. The van der Waals surface area contributed by atoms with Gasteiger partial charge in [-0.25, -0.2) is 4.98 Å². The van der Waals surface area contributed by atoms with E-state index in [0.717, 1.165) is 17.1 Å². The summed E-state index contributed by atoms with van der Waals surface area (Å²) in [5.74, 6) is 0.350. The van der Waals surface area contributed by atoms with Gasteiger partial charge in [0.15, 0.2) is 0 Å². The summed E-state index contributed by atoms with van der Waals surface area (Å²) in [6.07, 6.45) is 1.57. The van der Waals surface area contributed by atoms with Gasteiger partial charge in [-0.3, -0.25) is 4.79 Å². The summed E-state index contributed by atoms with van der Waals surface area (Å²) in [5, 5.41) is 6.60. The lowest BCUT2D eigenvalue weighted by atomic mass is 10.2. The molecule has 0 aliphatic rings. The molecule has 0 saturated carbocycles. The van der Waals surface area contributed by atoms with E-state index in [1.165, 1.54) is 0 Å². The Bertz CT molecular complexity index is 910. The molecule has 5 nitrogen and oxygen atoms in total. The van der Waals surface area contributed by atoms with E-state index in [2.05, 4.69) is 15.6 Å². The molecule has 0 aliphatic carbocycles. The van der Waals surface area contributed by atoms with E-state index in [9.17, 15) is 4.79 Å². The van der Waals surface area contributed by atoms with Crippen LogP contribution in [0.2, 0.25) is 10.0 Å². The highest BCUT2D eigenvalue weighted by Crippen LogP contribution is 2.30. The normalized spacial score (nSPS) is 10.3. The van der Waals surface area contributed by atoms with Crippen LogP contribution in [0.4, 0.5) is 17.1 Å². The van der Waals surface area contributed by atoms with Crippen molar-refractivity contribution >= 4 is 46.2 Å². The number of anilines is 3. The number of carbonyl (C=O) groups excluding carboxylic acids is 1. The summed E-state index contributed by atoms with van der Waals surface area (Å²) < 4.78 is 5.19. The van der Waals surface area contributed by atoms with Gasteiger partial charge in [0.2, 0.25) is 0 Å². The number of rotatable bonds is 5. The van der Waals surface area contributed by atoms with Gasteiger partial charge in [0, 0.05) is 11.8 Å². The average Bonchev–Trinajstić information content (AvgIpc) is 2.65. The van der Waals surface area contributed by atoms with Crippen molar-refractivity contribution in [2.45, 2.75) is 0 Å². The highest BCUT2D eigenvalue weighted by Gasteiger charge is 2.12. The van der Waals surface area contributed by atoms with E-state index < -0.39 is 5.91 Å². The van der Waals surface area contributed by atoms with Gasteiger partial charge in [0.05, 0.1) is 34.7 Å². The van der Waals surface area contributed by atoms with Crippen molar-refractivity contribution in [3.05, 3.63) is 76.5 Å². The first-order valence-electron chi connectivity index (χ1n) is 7.69. The third kappa shape index (κ3) is 4.25. The van der Waals surface area contributed by atoms with E-state index in [1.54, 1.807) is 43.6 Å². The molecule has 0 aliphatic heterocycles. The number of hydrogen-bond acceptors (Lipinski definition) is 4. The van der Waals surface area contributed by atoms with Crippen LogP contribution in [-0.2, 0) is 0 Å². The van der Waals surface area contributed by atoms with Crippen LogP contribution in [0.15, 0.2) is 60.8 Å². The molecule has 3 rings (SSSR count). The molecular formula is C19H15Cl2N3O2. The summed E-state index contributed by atoms with van der Waals surface area (Å²) in [4.78, 5) is 16.5. The minimum atomic E-state index is -0.395. The number of nitrogens with one attached hydrogen (secondary N) is 2. The fraction of sp³-hybridized carbons (Fsp3) is 0.0526. The molecule has 3 aromatic rings. The molecule has 0 fully saturated rings. The summed E-state index contributed by atoms with van der Waals surface area (Å²) in [5.41, 5.74) is 2.20. The van der Waals surface area contributed by atoms with Crippen LogP contribution >= 0.6 is 23.2 Å². The van der Waals surface area contributed by atoms with Crippen LogP contribution in [0.3, 0.4) is 0 Å². The van der Waals surface area contributed by atoms with E-state index >= 15 is 0 Å². The lowest BCUT2D eigenvalue weighted by Gasteiger charge is -2.10. The number of pyridine rings is 1. The maximum Gasteiger partial charge on any atom is 0.274 e. The Kier molecular flexibility index (Phi) is 5.61. The van der Waals surface area contributed by atoms with Crippen molar-refractivity contribution < 1.29 is 9.53 Å². The summed E-state index contributed by atoms with van der Waals surface area (Å²) in [6, 6.07) is 15.9. The van der Waals surface area contributed by atoms with Crippen LogP contribution in [-0.4, -0.2) is 18.0 Å². The number of para-hydroxylation sites is 1. The molecule has 0 bridgehead atoms. The van der Waals surface area contributed by atoms with Crippen molar-refractivity contribution in [3.63, 3.8) is 0 Å². The van der Waals surface area contributed by atoms with E-state index in [1.807, 2.05) is 24.3 Å². The molecule has 0 radical (unpaired) electrons. The number of benzene rings is 2. The molecule has 0 saturated heterocycles. The van der Waals surface area contributed by atoms with Crippen molar-refractivity contribution in [2.24, 2.45) is 0 Å². The summed E-state index contributed by atoms with van der Waals surface area (Å²) in [6.45, 7) is 0. The van der Waals surface area contributed by atoms with Crippen LogP contribution in [0.1, 0.15) is 10.5 Å². The number of aromatic nitrogens is 1. The predicted octanol–water partition coefficient (Wildman–Crippen LogP) is 5.39. The van der Waals surface area contributed by atoms with Gasteiger partial charge in [-0.1, -0.05) is 35.3 Å². The monoisotopic (exact) mass is 387 g/mol. The average molecular weight is 388 g/mol. The number of amides is 1. The molecule has 0 spiro atoms. The Morgan fingerprint density at radius 2 is 1.73 bits per heavy atom. The molecule has 1 amide bonds. The minimum absolute atomic E-state index is 0.247. The number of methoxy groups -OCH3 is 1. The maximum absolute atomic E-state index is 12.3. The molecule has 7 heteroatoms. The molecule has 1 heterocycles. The second-order valence-corrected chi connectivity index (χ2v) is 6.15. The van der Waals surface area contributed by atoms with E-state index in [4.69, 9.17) is 27.9 Å². The third-order valence-electron chi connectivity index (χ3n) is 3.56. The highest BCUT2D eigenvalue weighted by molar-refractivity contribution is 6.40. The third-order valence-corrected chi connectivity index (χ3v) is 4.19. The van der Waals surface area contributed by atoms with Gasteiger partial charge >= 0.3 is 0 Å². The SMILES string of the molecule is COc1cccc(Nc2ccc(C(=O)Nc3c(Cl)cccc3Cl)nc2)c1. The minimum Gasteiger partial charge on any atom is -0.497 e. The van der Waals surface area contributed by atoms with Gasteiger partial charge in [0.25, 0.3) is 5.91 Å². The second-order valence-electron chi connectivity index (χ2n) is 5.34. The summed E-state index contributed by atoms with van der Waals surface area (Å²) in [7, 11) is 1.61. The lowest BCUT2D eigenvalue weighted by Crippen LogP contribution is -2.14. The Hall–Kier alpha value is -2.76. The Morgan fingerprint density at radius 1 is 1.00 bits per heavy atom. The fourth-order valence-corrected chi connectivity index (χ4v) is 2.76. The zero-order valence-corrected chi connectivity index (χ0v) is 15.3. The van der Waals surface area contributed by atoms with Gasteiger partial charge in [-0.15, -0.1) is 0 Å². The predicted molar refractivity (Wildman–Crippen MR) is 105 cm³/mol. The van der Waals surface area contributed by atoms with Crippen LogP contribution in [0.5, 0.6) is 5.75 Å². The number of carbonyl (C=O) groups is 1. The molecule has 2 aromatic carbocycles. The topological polar surface area (TPSA) is 63.2 Å². The number of hydrogen-bond donors (Lipinski definition) is 2. The Morgan fingerprint density at radius 3 is 2.38 bits per heavy atom. The van der Waals surface area contributed by atoms with Crippen molar-refractivity contribution in [3.8, 4) is 5.75 Å². The van der Waals surface area contributed by atoms with Crippen molar-refractivity contribution in [1.82, 2.24) is 4.98 Å². The zero-order valence-electron chi connectivity index (χ0n) is 13.8. The van der Waals surface area contributed by atoms with E-state index in [0.29, 0.717) is 15.7 Å². The molecule has 2 N–H and O–H groups in total. The van der Waals surface area contributed by atoms with Crippen molar-refractivity contribution in [2.75, 3.05) is 17.7 Å². The molecule has 1 aromatic heterocycles. The maximum atomic E-state index is 12.3. The Labute approximate surface area is 160 Å². The smallest absolute Gasteiger partial charge is 0.274 e. The number of nitrogens with zero attached hydrogens (tertiary/aromatic N) is 1. The fourth-order valence-electron chi connectivity index (χ4n) is 2.26. The number of ether oxygens (including phenoxy) is 1. The van der Waals surface area contributed by atoms with Crippen molar-refractivity contribution in [1.29, 1.82) is 0 Å². The quantitative estimate of drug-likeness (QED) is 0.615. The standard InChI is InChI=1S/C19H15Cl2N3O2/c1-26-14-5-2-4-12(10-14)23-13-8-9-17(22-11-13)19(25)24-18-15(20)6-3-7-16(18)21/h2-11,23H,1H3,(H,24,25). The first-order valence-corrected chi connectivity index (χ1v) is 8.45. The molecular weight excluding hydrogens is 373 g/mol. The molecule has 26 heavy (non-hydrogen) atoms. The van der Waals surface area contributed by atoms with Gasteiger partial charge in [-0.05, 0) is 36.4 Å². The molecule has 0 unspecified atom stereocenters. The van der Waals surface area contributed by atoms with Gasteiger partial charge < -0.3 is 15.4 Å². The highest BCUT2D eigenvalue weighted by atomic mass is 35.5. The first-order chi connectivity index (χ1) is 12.6. The first kappa shape index (κ1) is 18.0. The Balaban J connectivity index is 1.71. The van der Waals surface area contributed by atoms with Crippen LogP contribution in [0, 0.1) is 0 Å². The summed E-state index contributed by atoms with van der Waals surface area (Å²) >= 11 is 12.1. The molecule has 0 atom stereocenters. The van der Waals surface area contributed by atoms with Crippen LogP contribution < -0.4 is 15.4 Å². The molecule has 132 valence electrons. The van der Waals surface area contributed by atoms with Gasteiger partial charge in [0.1, 0.15) is 11.4 Å². The van der Waals surface area contributed by atoms with Crippen LogP contribution in [0.25, 0.3) is 0 Å². The van der Waals surface area contributed by atoms with E-state index in [-0.39, 0.29) is 5.69 Å². The van der Waals surface area contributed by atoms with Gasteiger partial charge in [-0.2, -0.15) is 0 Å². The largest absolute Gasteiger partial charge is 0.497 e. The number of halogens is 2.